The molecule has 0 amide bonds. The molecular formula is C27H37NO6. The molecule has 0 aliphatic heterocycles. The predicted octanol–water partition coefficient (Wildman–Crippen LogP) is 6.34. The van der Waals surface area contributed by atoms with E-state index in [-0.39, 0.29) is 18.3 Å². The maximum absolute atomic E-state index is 11.5. The highest BCUT2D eigenvalue weighted by Crippen LogP contribution is 2.25. The lowest BCUT2D eigenvalue weighted by atomic mass is 10.1. The molecule has 0 unspecified atom stereocenters. The van der Waals surface area contributed by atoms with Crippen molar-refractivity contribution in [2.24, 2.45) is 5.16 Å². The van der Waals surface area contributed by atoms with Crippen molar-refractivity contribution in [3.63, 3.8) is 0 Å². The number of carbonyl (C=O) groups is 1. The summed E-state index contributed by atoms with van der Waals surface area (Å²) in [6.45, 7) is 9.19. The van der Waals surface area contributed by atoms with Crippen LogP contribution in [-0.2, 0) is 4.84 Å². The summed E-state index contributed by atoms with van der Waals surface area (Å²) in [5.41, 5.74) is 1.49. The van der Waals surface area contributed by atoms with Gasteiger partial charge in [0.25, 0.3) is 0 Å². The molecule has 1 N–H and O–H groups in total. The fourth-order valence-corrected chi connectivity index (χ4v) is 3.13. The van der Waals surface area contributed by atoms with Crippen LogP contribution in [0.5, 0.6) is 17.2 Å². The highest BCUT2D eigenvalue weighted by molar-refractivity contribution is 6.01. The molecule has 0 heterocycles. The van der Waals surface area contributed by atoms with Crippen molar-refractivity contribution in [2.45, 2.75) is 65.9 Å². The van der Waals surface area contributed by atoms with Crippen molar-refractivity contribution in [1.29, 1.82) is 0 Å². The lowest BCUT2D eigenvalue weighted by Crippen LogP contribution is -2.15. The first-order valence-corrected chi connectivity index (χ1v) is 12.0. The number of carboxylic acid groups (broad SMARTS) is 1. The number of unbranched alkanes of at least 4 members (excludes halogenated alkanes) is 3. The van der Waals surface area contributed by atoms with Gasteiger partial charge < -0.3 is 24.2 Å². The van der Waals surface area contributed by atoms with Gasteiger partial charge >= 0.3 is 5.97 Å². The minimum Gasteiger partial charge on any atom is -0.494 e. The molecule has 0 aliphatic rings. The molecule has 0 atom stereocenters. The topological polar surface area (TPSA) is 86.6 Å². The minimum absolute atomic E-state index is 0.0901. The van der Waals surface area contributed by atoms with Gasteiger partial charge in [0.2, 0.25) is 0 Å². The van der Waals surface area contributed by atoms with Gasteiger partial charge in [-0.2, -0.15) is 0 Å². The van der Waals surface area contributed by atoms with E-state index in [0.717, 1.165) is 30.6 Å². The third kappa shape index (κ3) is 9.73. The van der Waals surface area contributed by atoms with E-state index in [1.54, 1.807) is 6.07 Å². The smallest absolute Gasteiger partial charge is 0.335 e. The quantitative estimate of drug-likeness (QED) is 0.175. The Balaban J connectivity index is 2.17. The summed E-state index contributed by atoms with van der Waals surface area (Å²) in [6.07, 6.45) is 5.30. The fraction of sp³-hybridized carbons (Fsp3) is 0.481. The molecule has 0 saturated carbocycles. The number of rotatable bonds is 16. The summed E-state index contributed by atoms with van der Waals surface area (Å²) in [5, 5.41) is 13.7. The molecule has 2 rings (SSSR count). The molecule has 186 valence electrons. The van der Waals surface area contributed by atoms with Crippen LogP contribution in [0.2, 0.25) is 0 Å². The van der Waals surface area contributed by atoms with Gasteiger partial charge in [-0.25, -0.2) is 4.79 Å². The van der Waals surface area contributed by atoms with Crippen LogP contribution in [0.1, 0.15) is 75.7 Å². The molecule has 7 nitrogen and oxygen atoms in total. The summed E-state index contributed by atoms with van der Waals surface area (Å²) in [5.74, 6) is 0.520. The molecule has 0 fully saturated rings. The van der Waals surface area contributed by atoms with E-state index in [2.05, 4.69) is 12.1 Å². The lowest BCUT2D eigenvalue weighted by molar-refractivity contribution is 0.0695. The van der Waals surface area contributed by atoms with Crippen molar-refractivity contribution < 1.29 is 28.9 Å². The summed E-state index contributed by atoms with van der Waals surface area (Å²) in [4.78, 5) is 17.0. The first-order chi connectivity index (χ1) is 16.4. The Morgan fingerprint density at radius 2 is 1.65 bits per heavy atom. The maximum Gasteiger partial charge on any atom is 0.335 e. The van der Waals surface area contributed by atoms with Crippen molar-refractivity contribution in [2.75, 3.05) is 19.8 Å². The number of oxime groups is 1. The second kappa shape index (κ2) is 14.8. The second-order valence-corrected chi connectivity index (χ2v) is 8.26. The zero-order chi connectivity index (χ0) is 24.8. The molecular weight excluding hydrogens is 434 g/mol. The van der Waals surface area contributed by atoms with E-state index in [1.807, 2.05) is 45.0 Å². The third-order valence-electron chi connectivity index (χ3n) is 4.78. The Morgan fingerprint density at radius 3 is 2.35 bits per heavy atom. The van der Waals surface area contributed by atoms with Gasteiger partial charge in [-0.15, -0.1) is 0 Å². The number of aromatic carboxylic acids is 1. The monoisotopic (exact) mass is 471 g/mol. The normalized spacial score (nSPS) is 11.4. The number of nitrogens with zero attached hydrogens (tertiary/aromatic N) is 1. The Kier molecular flexibility index (Phi) is 11.8. The van der Waals surface area contributed by atoms with Gasteiger partial charge in [-0.3, -0.25) is 0 Å². The molecule has 7 heteroatoms. The summed E-state index contributed by atoms with van der Waals surface area (Å²) in [7, 11) is 0. The number of hydrogen-bond donors (Lipinski definition) is 1. The fourth-order valence-electron chi connectivity index (χ4n) is 3.13. The number of carboxylic acids is 1. The number of hydrogen-bond acceptors (Lipinski definition) is 6. The van der Waals surface area contributed by atoms with Crippen LogP contribution in [0, 0.1) is 0 Å². The highest BCUT2D eigenvalue weighted by atomic mass is 16.6. The Morgan fingerprint density at radius 1 is 0.882 bits per heavy atom. The highest BCUT2D eigenvalue weighted by Gasteiger charge is 2.13. The van der Waals surface area contributed by atoms with E-state index in [4.69, 9.17) is 19.0 Å². The van der Waals surface area contributed by atoms with Crippen molar-refractivity contribution in [3.8, 4) is 17.2 Å². The molecule has 0 bridgehead atoms. The second-order valence-electron chi connectivity index (χ2n) is 8.26. The molecule has 0 spiro atoms. The molecule has 0 aromatic heterocycles. The standard InChI is InChI=1S/C27H37NO6/c1-5-7-8-9-14-31-23-12-10-11-21(15-23)26(28-33-13-6-2)19-32-24-16-22(27(29)30)17-25(18-24)34-20(3)4/h10-12,15-18,20H,5-9,13-14,19H2,1-4H3,(H,29,30). The van der Waals surface area contributed by atoms with Gasteiger partial charge in [0.1, 0.15) is 36.2 Å². The van der Waals surface area contributed by atoms with E-state index < -0.39 is 5.97 Å². The van der Waals surface area contributed by atoms with Gasteiger partial charge in [-0.1, -0.05) is 50.4 Å². The largest absolute Gasteiger partial charge is 0.494 e. The van der Waals surface area contributed by atoms with Crippen molar-refractivity contribution in [3.05, 3.63) is 53.6 Å². The zero-order valence-electron chi connectivity index (χ0n) is 20.7. The number of ether oxygens (including phenoxy) is 3. The summed E-state index contributed by atoms with van der Waals surface area (Å²) >= 11 is 0. The maximum atomic E-state index is 11.5. The lowest BCUT2D eigenvalue weighted by Gasteiger charge is -2.14. The van der Waals surface area contributed by atoms with E-state index >= 15 is 0 Å². The molecule has 0 radical (unpaired) electrons. The molecule has 0 saturated heterocycles. The minimum atomic E-state index is -1.05. The van der Waals surface area contributed by atoms with Gasteiger partial charge in [0.15, 0.2) is 0 Å². The zero-order valence-corrected chi connectivity index (χ0v) is 20.7. The number of benzene rings is 2. The summed E-state index contributed by atoms with van der Waals surface area (Å²) in [6, 6.07) is 12.3. The molecule has 34 heavy (non-hydrogen) atoms. The van der Waals surface area contributed by atoms with E-state index in [0.29, 0.717) is 30.4 Å². The Labute approximate surface area is 202 Å². The first kappa shape index (κ1) is 27.0. The Bertz CT molecular complexity index is 925. The van der Waals surface area contributed by atoms with Crippen LogP contribution in [-0.4, -0.2) is 42.7 Å². The molecule has 0 aliphatic carbocycles. The van der Waals surface area contributed by atoms with Gasteiger partial charge in [0.05, 0.1) is 18.3 Å². The SMILES string of the molecule is CCCCCCOc1cccc(C(COc2cc(OC(C)C)cc(C(=O)O)c2)=NOCCC)c1. The van der Waals surface area contributed by atoms with Crippen LogP contribution >= 0.6 is 0 Å². The summed E-state index contributed by atoms with van der Waals surface area (Å²) < 4.78 is 17.5. The van der Waals surface area contributed by atoms with Crippen LogP contribution < -0.4 is 14.2 Å². The molecule has 2 aromatic rings. The van der Waals surface area contributed by atoms with Crippen LogP contribution in [0.15, 0.2) is 47.6 Å². The average molecular weight is 472 g/mol. The van der Waals surface area contributed by atoms with Crippen LogP contribution in [0.3, 0.4) is 0 Å². The molecule has 2 aromatic carbocycles. The third-order valence-corrected chi connectivity index (χ3v) is 4.78. The van der Waals surface area contributed by atoms with Gasteiger partial charge in [0, 0.05) is 11.6 Å². The van der Waals surface area contributed by atoms with Crippen LogP contribution in [0.4, 0.5) is 0 Å². The van der Waals surface area contributed by atoms with E-state index in [9.17, 15) is 9.90 Å². The van der Waals surface area contributed by atoms with Crippen molar-refractivity contribution >= 4 is 11.7 Å². The van der Waals surface area contributed by atoms with Crippen molar-refractivity contribution in [1.82, 2.24) is 0 Å². The van der Waals surface area contributed by atoms with E-state index in [1.165, 1.54) is 25.0 Å². The Hall–Kier alpha value is -3.22. The van der Waals surface area contributed by atoms with Crippen LogP contribution in [0.25, 0.3) is 0 Å². The first-order valence-electron chi connectivity index (χ1n) is 12.0. The van der Waals surface area contributed by atoms with Gasteiger partial charge in [-0.05, 0) is 51.0 Å². The predicted molar refractivity (Wildman–Crippen MR) is 134 cm³/mol. The average Bonchev–Trinajstić information content (AvgIpc) is 2.80.